The first-order valence-corrected chi connectivity index (χ1v) is 6.51. The van der Waals surface area contributed by atoms with Crippen molar-refractivity contribution in [1.82, 2.24) is 0 Å². The Labute approximate surface area is 118 Å². The largest absolute Gasteiger partial charge is 0.463 e. The van der Waals surface area contributed by atoms with Gasteiger partial charge in [-0.3, -0.25) is 0 Å². The molecule has 1 heterocycles. The van der Waals surface area contributed by atoms with Crippen molar-refractivity contribution < 1.29 is 13.9 Å². The van der Waals surface area contributed by atoms with Crippen LogP contribution in [0.25, 0.3) is 0 Å². The molecule has 1 aromatic heterocycles. The van der Waals surface area contributed by atoms with E-state index in [-0.39, 0.29) is 11.8 Å². The van der Waals surface area contributed by atoms with E-state index in [1.165, 1.54) is 23.8 Å². The second-order valence-electron chi connectivity index (χ2n) is 4.93. The van der Waals surface area contributed by atoms with Gasteiger partial charge in [0.2, 0.25) is 5.76 Å². The van der Waals surface area contributed by atoms with Crippen molar-refractivity contribution in [3.05, 3.63) is 58.5 Å². The Balaban J connectivity index is 2.15. The molecular formula is C16H19NO3. The Bertz CT molecular complexity index is 616. The van der Waals surface area contributed by atoms with Crippen LogP contribution in [0.4, 0.5) is 0 Å². The number of carbonyl (C=O) groups is 1. The number of benzene rings is 1. The van der Waals surface area contributed by atoms with E-state index < -0.39 is 5.97 Å². The molecule has 0 aliphatic heterocycles. The van der Waals surface area contributed by atoms with Gasteiger partial charge in [-0.2, -0.15) is 0 Å². The maximum atomic E-state index is 11.3. The van der Waals surface area contributed by atoms with Gasteiger partial charge < -0.3 is 14.9 Å². The fraction of sp³-hybridized carbons (Fsp3) is 0.312. The molecule has 1 atom stereocenters. The Hall–Kier alpha value is -2.07. The molecule has 0 spiro atoms. The molecule has 0 saturated heterocycles. The molecule has 0 radical (unpaired) electrons. The summed E-state index contributed by atoms with van der Waals surface area (Å²) in [4.78, 5) is 11.3. The molecule has 2 rings (SSSR count). The quantitative estimate of drug-likeness (QED) is 0.870. The van der Waals surface area contributed by atoms with E-state index in [4.69, 9.17) is 10.2 Å². The normalized spacial score (nSPS) is 12.2. The number of rotatable bonds is 4. The number of hydrogen-bond acceptors (Lipinski definition) is 4. The van der Waals surface area contributed by atoms with Crippen LogP contribution >= 0.6 is 0 Å². The van der Waals surface area contributed by atoms with Gasteiger partial charge in [-0.05, 0) is 43.5 Å². The number of carbonyl (C=O) groups excluding carboxylic acids is 1. The third kappa shape index (κ3) is 3.08. The molecule has 20 heavy (non-hydrogen) atoms. The minimum absolute atomic E-state index is 0.180. The Kier molecular flexibility index (Phi) is 4.25. The molecule has 4 heteroatoms. The van der Waals surface area contributed by atoms with Crippen LogP contribution in [0, 0.1) is 13.8 Å². The minimum Gasteiger partial charge on any atom is -0.463 e. The van der Waals surface area contributed by atoms with Gasteiger partial charge in [-0.1, -0.05) is 23.8 Å². The SMILES string of the molecule is COC(=O)c1ccc(C(N)Cc2cc(C)ccc2C)o1. The van der Waals surface area contributed by atoms with Crippen molar-refractivity contribution in [2.45, 2.75) is 26.3 Å². The lowest BCUT2D eigenvalue weighted by molar-refractivity contribution is 0.0562. The van der Waals surface area contributed by atoms with Crippen molar-refractivity contribution in [3.8, 4) is 0 Å². The summed E-state index contributed by atoms with van der Waals surface area (Å²) in [5.41, 5.74) is 9.74. The van der Waals surface area contributed by atoms with Crippen molar-refractivity contribution in [2.24, 2.45) is 5.73 Å². The van der Waals surface area contributed by atoms with E-state index in [1.807, 2.05) is 0 Å². The van der Waals surface area contributed by atoms with Crippen molar-refractivity contribution in [2.75, 3.05) is 7.11 Å². The van der Waals surface area contributed by atoms with E-state index in [0.29, 0.717) is 12.2 Å². The topological polar surface area (TPSA) is 65.5 Å². The Morgan fingerprint density at radius 1 is 1.30 bits per heavy atom. The second kappa shape index (κ2) is 5.92. The zero-order valence-corrected chi connectivity index (χ0v) is 12.0. The summed E-state index contributed by atoms with van der Waals surface area (Å²) in [7, 11) is 1.32. The van der Waals surface area contributed by atoms with Gasteiger partial charge >= 0.3 is 5.97 Å². The van der Waals surface area contributed by atoms with E-state index in [1.54, 1.807) is 12.1 Å². The van der Waals surface area contributed by atoms with Crippen LogP contribution in [-0.2, 0) is 11.2 Å². The standard InChI is InChI=1S/C16H19NO3/c1-10-4-5-11(2)12(8-10)9-13(17)14-6-7-15(20-14)16(18)19-3/h4-8,13H,9,17H2,1-3H3. The molecule has 106 valence electrons. The number of esters is 1. The zero-order valence-electron chi connectivity index (χ0n) is 12.0. The predicted octanol–water partition coefficient (Wildman–Crippen LogP) is 2.93. The zero-order chi connectivity index (χ0) is 14.7. The van der Waals surface area contributed by atoms with Crippen molar-refractivity contribution in [1.29, 1.82) is 0 Å². The Morgan fingerprint density at radius 2 is 2.05 bits per heavy atom. The second-order valence-corrected chi connectivity index (χ2v) is 4.93. The monoisotopic (exact) mass is 273 g/mol. The highest BCUT2D eigenvalue weighted by molar-refractivity contribution is 5.86. The van der Waals surface area contributed by atoms with Gasteiger partial charge in [0, 0.05) is 0 Å². The van der Waals surface area contributed by atoms with Gasteiger partial charge in [-0.25, -0.2) is 4.79 Å². The van der Waals surface area contributed by atoms with E-state index >= 15 is 0 Å². The van der Waals surface area contributed by atoms with Crippen LogP contribution in [0.1, 0.15) is 39.0 Å². The lowest BCUT2D eigenvalue weighted by Crippen LogP contribution is -2.13. The third-order valence-corrected chi connectivity index (χ3v) is 3.32. The maximum Gasteiger partial charge on any atom is 0.373 e. The summed E-state index contributed by atoms with van der Waals surface area (Å²) in [5.74, 6) is 0.278. The summed E-state index contributed by atoms with van der Waals surface area (Å²) < 4.78 is 10.0. The van der Waals surface area contributed by atoms with Crippen LogP contribution in [0.3, 0.4) is 0 Å². The molecule has 0 fully saturated rings. The lowest BCUT2D eigenvalue weighted by atomic mass is 9.98. The molecule has 0 bridgehead atoms. The minimum atomic E-state index is -0.491. The number of aryl methyl sites for hydroxylation is 2. The molecule has 1 unspecified atom stereocenters. The highest BCUT2D eigenvalue weighted by Gasteiger charge is 2.16. The van der Waals surface area contributed by atoms with Gasteiger partial charge in [0.05, 0.1) is 13.2 Å². The number of hydrogen-bond donors (Lipinski definition) is 1. The number of nitrogens with two attached hydrogens (primary N) is 1. The van der Waals surface area contributed by atoms with Crippen LogP contribution in [0.2, 0.25) is 0 Å². The summed E-state index contributed by atoms with van der Waals surface area (Å²) in [6.07, 6.45) is 0.668. The first-order valence-electron chi connectivity index (χ1n) is 6.51. The molecule has 4 nitrogen and oxygen atoms in total. The van der Waals surface area contributed by atoms with E-state index in [9.17, 15) is 4.79 Å². The van der Waals surface area contributed by atoms with Gasteiger partial charge in [-0.15, -0.1) is 0 Å². The molecule has 2 N–H and O–H groups in total. The van der Waals surface area contributed by atoms with Gasteiger partial charge in [0.25, 0.3) is 0 Å². The number of ether oxygens (including phenoxy) is 1. The van der Waals surface area contributed by atoms with Crippen molar-refractivity contribution >= 4 is 5.97 Å². The van der Waals surface area contributed by atoms with Gasteiger partial charge in [0.15, 0.2) is 0 Å². The molecule has 0 amide bonds. The fourth-order valence-corrected chi connectivity index (χ4v) is 2.12. The highest BCUT2D eigenvalue weighted by atomic mass is 16.5. The summed E-state index contributed by atoms with van der Waals surface area (Å²) in [5, 5.41) is 0. The fourth-order valence-electron chi connectivity index (χ4n) is 2.12. The summed E-state index contributed by atoms with van der Waals surface area (Å²) in [6, 6.07) is 9.31. The summed E-state index contributed by atoms with van der Waals surface area (Å²) >= 11 is 0. The lowest BCUT2D eigenvalue weighted by Gasteiger charge is -2.12. The first kappa shape index (κ1) is 14.3. The number of furan rings is 1. The molecule has 0 aliphatic carbocycles. The molecule has 1 aromatic carbocycles. The van der Waals surface area contributed by atoms with Crippen LogP contribution < -0.4 is 5.73 Å². The maximum absolute atomic E-state index is 11.3. The summed E-state index contributed by atoms with van der Waals surface area (Å²) in [6.45, 7) is 4.11. The first-order chi connectivity index (χ1) is 9.51. The van der Waals surface area contributed by atoms with E-state index in [2.05, 4.69) is 36.8 Å². The third-order valence-electron chi connectivity index (χ3n) is 3.32. The average Bonchev–Trinajstić information content (AvgIpc) is 2.91. The Morgan fingerprint density at radius 3 is 2.75 bits per heavy atom. The molecular weight excluding hydrogens is 254 g/mol. The average molecular weight is 273 g/mol. The molecule has 2 aromatic rings. The van der Waals surface area contributed by atoms with Crippen LogP contribution in [0.5, 0.6) is 0 Å². The predicted molar refractivity (Wildman–Crippen MR) is 76.6 cm³/mol. The number of methoxy groups -OCH3 is 1. The highest BCUT2D eigenvalue weighted by Crippen LogP contribution is 2.21. The van der Waals surface area contributed by atoms with Gasteiger partial charge in [0.1, 0.15) is 5.76 Å². The van der Waals surface area contributed by atoms with E-state index in [0.717, 1.165) is 0 Å². The van der Waals surface area contributed by atoms with Crippen LogP contribution in [0.15, 0.2) is 34.7 Å². The smallest absolute Gasteiger partial charge is 0.373 e. The molecule has 0 aliphatic rings. The van der Waals surface area contributed by atoms with Crippen molar-refractivity contribution in [3.63, 3.8) is 0 Å². The molecule has 0 saturated carbocycles. The van der Waals surface area contributed by atoms with Crippen LogP contribution in [-0.4, -0.2) is 13.1 Å².